The molecular formula is C12H14O12. The van der Waals surface area contributed by atoms with Crippen molar-refractivity contribution in [3.05, 3.63) is 12.2 Å². The van der Waals surface area contributed by atoms with Gasteiger partial charge in [0.15, 0.2) is 0 Å². The van der Waals surface area contributed by atoms with Gasteiger partial charge < -0.3 is 30.3 Å². The Morgan fingerprint density at radius 3 is 1.50 bits per heavy atom. The fourth-order valence-electron chi connectivity index (χ4n) is 0.871. The number of rotatable bonds is 9. The number of hydrogen-bond acceptors (Lipinski definition) is 7. The second-order valence-corrected chi connectivity index (χ2v) is 3.82. The molecule has 0 aromatic heterocycles. The first-order chi connectivity index (χ1) is 11.0. The van der Waals surface area contributed by atoms with Crippen LogP contribution in [0.25, 0.3) is 0 Å². The molecule has 0 heterocycles. The van der Waals surface area contributed by atoms with Crippen LogP contribution in [0.2, 0.25) is 0 Å². The summed E-state index contributed by atoms with van der Waals surface area (Å²) in [4.78, 5) is 60.7. The molecule has 0 aromatic rings. The second-order valence-electron chi connectivity index (χ2n) is 3.82. The lowest BCUT2D eigenvalue weighted by atomic mass is 10.2. The Hall–Kier alpha value is -3.44. The molecule has 12 nitrogen and oxygen atoms in total. The molecule has 0 saturated carbocycles. The summed E-state index contributed by atoms with van der Waals surface area (Å²) >= 11 is 0. The fourth-order valence-corrected chi connectivity index (χ4v) is 0.871. The number of carboxylic acid groups (broad SMARTS) is 5. The van der Waals surface area contributed by atoms with Crippen LogP contribution in [0.3, 0.4) is 0 Å². The first-order valence-corrected chi connectivity index (χ1v) is 5.95. The molecule has 0 saturated heterocycles. The number of carbonyl (C=O) groups excluding carboxylic acids is 1. The van der Waals surface area contributed by atoms with Gasteiger partial charge in [-0.25, -0.2) is 14.4 Å². The normalized spacial score (nSPS) is 10.8. The zero-order chi connectivity index (χ0) is 19.3. The van der Waals surface area contributed by atoms with Crippen LogP contribution < -0.4 is 0 Å². The van der Waals surface area contributed by atoms with Gasteiger partial charge in [0.05, 0.1) is 19.3 Å². The van der Waals surface area contributed by atoms with Crippen molar-refractivity contribution in [2.75, 3.05) is 0 Å². The minimum absolute atomic E-state index is 0.296. The van der Waals surface area contributed by atoms with E-state index in [9.17, 15) is 28.8 Å². The molecule has 0 rings (SSSR count). The standard InChI is InChI=1S/C8H8O8.C4H6O4/c9-5(10)1-2-7(13)16-4(8(14)15)3-6(11)12;5-3(6)1-2-4(7)8/h1-2,4H,3H2,(H,9,10)(H,11,12)(H,14,15);1-2H2,(H,5,6)(H,7,8)/b2-1+;. The highest BCUT2D eigenvalue weighted by Crippen LogP contribution is 2.00. The van der Waals surface area contributed by atoms with Crippen LogP contribution in [0.1, 0.15) is 19.3 Å². The van der Waals surface area contributed by atoms with Crippen LogP contribution in [-0.2, 0) is 33.5 Å². The average molecular weight is 350 g/mol. The summed E-state index contributed by atoms with van der Waals surface area (Å²) in [5, 5.41) is 40.7. The van der Waals surface area contributed by atoms with Crippen molar-refractivity contribution in [1.29, 1.82) is 0 Å². The van der Waals surface area contributed by atoms with Crippen LogP contribution in [0.15, 0.2) is 12.2 Å². The molecule has 1 atom stereocenters. The van der Waals surface area contributed by atoms with Crippen LogP contribution in [0, 0.1) is 0 Å². The number of carbonyl (C=O) groups is 6. The van der Waals surface area contributed by atoms with E-state index in [-0.39, 0.29) is 12.8 Å². The Bertz CT molecular complexity index is 518. The quantitative estimate of drug-likeness (QED) is 0.251. The number of carboxylic acids is 5. The van der Waals surface area contributed by atoms with Crippen molar-refractivity contribution in [3.8, 4) is 0 Å². The highest BCUT2D eigenvalue weighted by Gasteiger charge is 2.24. The molecule has 0 aliphatic carbocycles. The molecule has 0 bridgehead atoms. The third kappa shape index (κ3) is 16.6. The number of ether oxygens (including phenoxy) is 1. The van der Waals surface area contributed by atoms with E-state index in [1.165, 1.54) is 0 Å². The Morgan fingerprint density at radius 2 is 1.21 bits per heavy atom. The summed E-state index contributed by atoms with van der Waals surface area (Å²) in [6, 6.07) is 0. The van der Waals surface area contributed by atoms with Crippen LogP contribution in [-0.4, -0.2) is 67.5 Å². The molecule has 24 heavy (non-hydrogen) atoms. The molecular weight excluding hydrogens is 336 g/mol. The van der Waals surface area contributed by atoms with Gasteiger partial charge in [0.25, 0.3) is 0 Å². The smallest absolute Gasteiger partial charge is 0.345 e. The van der Waals surface area contributed by atoms with Gasteiger partial charge in [-0.1, -0.05) is 0 Å². The minimum atomic E-state index is -1.84. The third-order valence-electron chi connectivity index (χ3n) is 1.81. The molecule has 12 heteroatoms. The predicted octanol–water partition coefficient (Wildman–Crippen LogP) is -0.966. The summed E-state index contributed by atoms with van der Waals surface area (Å²) in [6.07, 6.45) is -2.40. The van der Waals surface area contributed by atoms with Gasteiger partial charge in [-0.05, 0) is 0 Å². The first kappa shape index (κ1) is 22.8. The molecule has 0 aliphatic rings. The van der Waals surface area contributed by atoms with Crippen molar-refractivity contribution in [3.63, 3.8) is 0 Å². The maximum absolute atomic E-state index is 10.8. The topological polar surface area (TPSA) is 213 Å². The molecule has 0 spiro atoms. The average Bonchev–Trinajstić information content (AvgIpc) is 2.42. The van der Waals surface area contributed by atoms with E-state index < -0.39 is 48.3 Å². The second kappa shape index (κ2) is 12.1. The van der Waals surface area contributed by atoms with Gasteiger partial charge in [0.2, 0.25) is 6.10 Å². The van der Waals surface area contributed by atoms with E-state index in [2.05, 4.69) is 4.74 Å². The van der Waals surface area contributed by atoms with Crippen molar-refractivity contribution < 1.29 is 59.0 Å². The van der Waals surface area contributed by atoms with Crippen LogP contribution in [0.4, 0.5) is 0 Å². The van der Waals surface area contributed by atoms with Crippen LogP contribution in [0.5, 0.6) is 0 Å². The number of esters is 1. The lowest BCUT2D eigenvalue weighted by molar-refractivity contribution is -0.164. The Balaban J connectivity index is 0. The van der Waals surface area contributed by atoms with E-state index in [0.29, 0.717) is 12.2 Å². The maximum atomic E-state index is 10.8. The third-order valence-corrected chi connectivity index (χ3v) is 1.81. The Labute approximate surface area is 133 Å². The van der Waals surface area contributed by atoms with E-state index in [1.54, 1.807) is 0 Å². The predicted molar refractivity (Wildman–Crippen MR) is 71.1 cm³/mol. The zero-order valence-electron chi connectivity index (χ0n) is 11.9. The van der Waals surface area contributed by atoms with Gasteiger partial charge in [-0.2, -0.15) is 0 Å². The summed E-state index contributed by atoms with van der Waals surface area (Å²) in [6.45, 7) is 0. The maximum Gasteiger partial charge on any atom is 0.345 e. The zero-order valence-corrected chi connectivity index (χ0v) is 11.9. The largest absolute Gasteiger partial charge is 0.481 e. The molecule has 0 radical (unpaired) electrons. The van der Waals surface area contributed by atoms with Crippen molar-refractivity contribution in [2.45, 2.75) is 25.4 Å². The van der Waals surface area contributed by atoms with Gasteiger partial charge in [0, 0.05) is 12.2 Å². The molecule has 134 valence electrons. The van der Waals surface area contributed by atoms with Crippen LogP contribution >= 0.6 is 0 Å². The molecule has 0 aliphatic heterocycles. The van der Waals surface area contributed by atoms with Crippen molar-refractivity contribution in [1.82, 2.24) is 0 Å². The van der Waals surface area contributed by atoms with E-state index >= 15 is 0 Å². The molecule has 0 aromatic carbocycles. The van der Waals surface area contributed by atoms with E-state index in [0.717, 1.165) is 0 Å². The Morgan fingerprint density at radius 1 is 0.750 bits per heavy atom. The SMILES string of the molecule is O=C(O)/C=C/C(=O)OC(CC(=O)O)C(=O)O.O=C(O)CCC(=O)O. The monoisotopic (exact) mass is 350 g/mol. The fraction of sp³-hybridized carbons (Fsp3) is 0.333. The lowest BCUT2D eigenvalue weighted by Gasteiger charge is -2.09. The first-order valence-electron chi connectivity index (χ1n) is 5.95. The highest BCUT2D eigenvalue weighted by molar-refractivity contribution is 5.92. The minimum Gasteiger partial charge on any atom is -0.481 e. The molecule has 5 N–H and O–H groups in total. The number of hydrogen-bond donors (Lipinski definition) is 5. The van der Waals surface area contributed by atoms with Gasteiger partial charge >= 0.3 is 35.8 Å². The molecule has 0 amide bonds. The van der Waals surface area contributed by atoms with E-state index in [4.69, 9.17) is 25.5 Å². The summed E-state index contributed by atoms with van der Waals surface area (Å²) < 4.78 is 4.20. The molecule has 0 fully saturated rings. The highest BCUT2D eigenvalue weighted by atomic mass is 16.6. The summed E-state index contributed by atoms with van der Waals surface area (Å²) in [5.41, 5.74) is 0. The Kier molecular flexibility index (Phi) is 11.5. The van der Waals surface area contributed by atoms with Crippen molar-refractivity contribution >= 4 is 35.8 Å². The lowest BCUT2D eigenvalue weighted by Crippen LogP contribution is -2.29. The summed E-state index contributed by atoms with van der Waals surface area (Å²) in [7, 11) is 0. The van der Waals surface area contributed by atoms with Gasteiger partial charge in [-0.15, -0.1) is 0 Å². The number of aliphatic carboxylic acids is 5. The molecule has 1 unspecified atom stereocenters. The van der Waals surface area contributed by atoms with E-state index in [1.807, 2.05) is 0 Å². The van der Waals surface area contributed by atoms with Gasteiger partial charge in [-0.3, -0.25) is 14.4 Å². The summed E-state index contributed by atoms with van der Waals surface area (Å²) in [5.74, 6) is -7.89. The van der Waals surface area contributed by atoms with Crippen molar-refractivity contribution in [2.24, 2.45) is 0 Å². The van der Waals surface area contributed by atoms with Gasteiger partial charge in [0.1, 0.15) is 0 Å².